The van der Waals surface area contributed by atoms with Crippen molar-refractivity contribution in [1.29, 1.82) is 0 Å². The van der Waals surface area contributed by atoms with Crippen molar-refractivity contribution < 1.29 is 24.5 Å². The fraction of sp³-hybridized carbons (Fsp3) is 0.875. The number of nitrogens with zero attached hydrogens (tertiary/aromatic N) is 1. The Labute approximate surface area is 233 Å². The van der Waals surface area contributed by atoms with E-state index in [0.29, 0.717) is 18.3 Å². The maximum absolute atomic E-state index is 11.3. The predicted octanol–water partition coefficient (Wildman–Crippen LogP) is 6.91. The largest absolute Gasteiger partial charge is 0.465 e. The number of unbranched alkanes of at least 4 members (excludes halogenated alkanes) is 2. The predicted molar refractivity (Wildman–Crippen MR) is 158 cm³/mol. The summed E-state index contributed by atoms with van der Waals surface area (Å²) in [6.07, 6.45) is 12.6. The fourth-order valence-electron chi connectivity index (χ4n) is 5.87. The Kier molecular flexibility index (Phi) is 18.1. The van der Waals surface area contributed by atoms with Gasteiger partial charge in [0.1, 0.15) is 18.3 Å². The second kappa shape index (κ2) is 19.8. The lowest BCUT2D eigenvalue weighted by Gasteiger charge is -2.29. The summed E-state index contributed by atoms with van der Waals surface area (Å²) < 4.78 is 11.3. The summed E-state index contributed by atoms with van der Waals surface area (Å²) in [7, 11) is 1.67. The van der Waals surface area contributed by atoms with E-state index in [0.717, 1.165) is 94.9 Å². The van der Waals surface area contributed by atoms with Crippen LogP contribution in [0.1, 0.15) is 119 Å². The number of hydrogen-bond acceptors (Lipinski definition) is 6. The van der Waals surface area contributed by atoms with Gasteiger partial charge in [-0.25, -0.2) is 0 Å². The van der Waals surface area contributed by atoms with Crippen LogP contribution in [0.5, 0.6) is 0 Å². The number of aliphatic hydroxyl groups is 2. The lowest BCUT2D eigenvalue weighted by Crippen LogP contribution is -2.40. The number of rotatable bonds is 20. The Hall–Kier alpha value is -1.24. The Bertz CT molecular complexity index is 683. The van der Waals surface area contributed by atoms with Gasteiger partial charge in [0.15, 0.2) is 0 Å². The molecule has 6 heteroatoms. The Morgan fingerprint density at radius 3 is 2.32 bits per heavy atom. The molecule has 1 aliphatic rings. The average molecular weight is 538 g/mol. The van der Waals surface area contributed by atoms with E-state index in [9.17, 15) is 15.0 Å². The highest BCUT2D eigenvalue weighted by Crippen LogP contribution is 2.29. The van der Waals surface area contributed by atoms with Crippen LogP contribution >= 0.6 is 0 Å². The molecule has 0 amide bonds. The number of carbonyl (C=O) groups excluding carboxylic acids is 1. The smallest absolute Gasteiger partial charge is 0.293 e. The van der Waals surface area contributed by atoms with Crippen molar-refractivity contribution in [2.24, 2.45) is 28.7 Å². The van der Waals surface area contributed by atoms with Crippen LogP contribution in [-0.2, 0) is 14.3 Å². The molecular formula is C32H59NO5. The molecule has 38 heavy (non-hydrogen) atoms. The van der Waals surface area contributed by atoms with Crippen molar-refractivity contribution in [3.63, 3.8) is 0 Å². The van der Waals surface area contributed by atoms with Gasteiger partial charge in [0.25, 0.3) is 6.47 Å². The van der Waals surface area contributed by atoms with Gasteiger partial charge >= 0.3 is 0 Å². The van der Waals surface area contributed by atoms with Crippen LogP contribution in [0.4, 0.5) is 0 Å². The first-order chi connectivity index (χ1) is 18.1. The van der Waals surface area contributed by atoms with Gasteiger partial charge in [-0.3, -0.25) is 9.79 Å². The van der Waals surface area contributed by atoms with Crippen LogP contribution < -0.4 is 0 Å². The van der Waals surface area contributed by atoms with Crippen LogP contribution in [0.25, 0.3) is 0 Å². The zero-order valence-corrected chi connectivity index (χ0v) is 25.5. The Balaban J connectivity index is 2.77. The first kappa shape index (κ1) is 34.8. The molecule has 1 aliphatic carbocycles. The summed E-state index contributed by atoms with van der Waals surface area (Å²) in [5.74, 6) is 1.65. The summed E-state index contributed by atoms with van der Waals surface area (Å²) in [6.45, 7) is 14.3. The van der Waals surface area contributed by atoms with Gasteiger partial charge in [-0.05, 0) is 100 Å². The second-order valence-electron chi connectivity index (χ2n) is 12.2. The van der Waals surface area contributed by atoms with Crippen LogP contribution in [0.3, 0.4) is 0 Å². The quantitative estimate of drug-likeness (QED) is 0.0762. The minimum atomic E-state index is -0.745. The molecule has 0 aromatic carbocycles. The zero-order chi connectivity index (χ0) is 28.5. The third-order valence-corrected chi connectivity index (χ3v) is 8.14. The van der Waals surface area contributed by atoms with Crippen molar-refractivity contribution >= 4 is 12.2 Å². The van der Waals surface area contributed by atoms with E-state index in [2.05, 4.69) is 40.7 Å². The Morgan fingerprint density at radius 2 is 1.74 bits per heavy atom. The summed E-state index contributed by atoms with van der Waals surface area (Å²) in [5.41, 5.74) is 1.87. The molecular weight excluding hydrogens is 478 g/mol. The maximum atomic E-state index is 11.3. The number of ether oxygens (including phenoxy) is 2. The average Bonchev–Trinajstić information content (AvgIpc) is 2.87. The van der Waals surface area contributed by atoms with Crippen molar-refractivity contribution in [2.75, 3.05) is 13.7 Å². The van der Waals surface area contributed by atoms with E-state index in [1.54, 1.807) is 7.11 Å². The van der Waals surface area contributed by atoms with Crippen molar-refractivity contribution in [3.8, 4) is 0 Å². The molecule has 1 saturated carbocycles. The monoisotopic (exact) mass is 537 g/mol. The molecule has 0 saturated heterocycles. The van der Waals surface area contributed by atoms with Crippen LogP contribution in [0, 0.1) is 23.7 Å². The third-order valence-electron chi connectivity index (χ3n) is 8.14. The molecule has 0 spiro atoms. The standard InChI is InChI=1S/C32H59NO5/c1-8-9-10-19-33-30(25(5)20-23(2)3)32(37-7)31(36)26(6)21-24(4)11-17-29(38-22-34)18-14-27-12-15-28(35)16-13-27/h21-25,27-29,31-32,35-36H,8-20H2,1-7H3/b26-21+,33-30+/t24-,25+,27-,28-,29-,31+,32-/m0/s1. The number of methoxy groups -OCH3 is 1. The minimum absolute atomic E-state index is 0.0779. The Morgan fingerprint density at radius 1 is 1.05 bits per heavy atom. The molecule has 0 aromatic heterocycles. The molecule has 6 nitrogen and oxygen atoms in total. The number of allylic oxidation sites excluding steroid dienone is 1. The highest BCUT2D eigenvalue weighted by atomic mass is 16.5. The van der Waals surface area contributed by atoms with Gasteiger partial charge < -0.3 is 19.7 Å². The van der Waals surface area contributed by atoms with Crippen molar-refractivity contribution in [1.82, 2.24) is 0 Å². The van der Waals surface area contributed by atoms with Gasteiger partial charge in [-0.1, -0.05) is 53.5 Å². The molecule has 0 unspecified atom stereocenters. The second-order valence-corrected chi connectivity index (χ2v) is 12.2. The molecule has 1 fully saturated rings. The SMILES string of the molecule is CCCCC/N=C(\[C@H](C)CC(C)C)[C@H](OC)[C@H](O)/C(C)=C/[C@@H](C)CC[C@@H](CC[C@H]1CC[C@H](O)CC1)OC=O. The molecule has 2 N–H and O–H groups in total. The third kappa shape index (κ3) is 13.7. The van der Waals surface area contributed by atoms with Crippen LogP contribution in [0.15, 0.2) is 16.6 Å². The normalized spacial score (nSPS) is 23.1. The van der Waals surface area contributed by atoms with Crippen LogP contribution in [0.2, 0.25) is 0 Å². The molecule has 222 valence electrons. The molecule has 0 aromatic rings. The highest BCUT2D eigenvalue weighted by molar-refractivity contribution is 5.91. The molecule has 0 radical (unpaired) electrons. The summed E-state index contributed by atoms with van der Waals surface area (Å²) in [6, 6.07) is 0. The molecule has 1 rings (SSSR count). The molecule has 5 atom stereocenters. The van der Waals surface area contributed by atoms with Gasteiger partial charge in [-0.2, -0.15) is 0 Å². The first-order valence-corrected chi connectivity index (χ1v) is 15.3. The minimum Gasteiger partial charge on any atom is -0.465 e. The van der Waals surface area contributed by atoms with E-state index >= 15 is 0 Å². The number of hydrogen-bond donors (Lipinski definition) is 2. The van der Waals surface area contributed by atoms with E-state index < -0.39 is 12.2 Å². The van der Waals surface area contributed by atoms with Gasteiger partial charge in [-0.15, -0.1) is 0 Å². The first-order valence-electron chi connectivity index (χ1n) is 15.3. The molecule has 0 bridgehead atoms. The van der Waals surface area contributed by atoms with E-state index in [1.807, 2.05) is 6.92 Å². The number of aliphatic hydroxyl groups excluding tert-OH is 2. The molecule has 0 heterocycles. The van der Waals surface area contributed by atoms with Gasteiger partial charge in [0.2, 0.25) is 0 Å². The number of carbonyl (C=O) groups is 1. The fourth-order valence-corrected chi connectivity index (χ4v) is 5.87. The van der Waals surface area contributed by atoms with E-state index in [-0.39, 0.29) is 24.0 Å². The van der Waals surface area contributed by atoms with Crippen molar-refractivity contribution in [3.05, 3.63) is 11.6 Å². The summed E-state index contributed by atoms with van der Waals surface area (Å²) in [5, 5.41) is 21.1. The summed E-state index contributed by atoms with van der Waals surface area (Å²) in [4.78, 5) is 16.1. The van der Waals surface area contributed by atoms with E-state index in [4.69, 9.17) is 14.5 Å². The lowest BCUT2D eigenvalue weighted by atomic mass is 9.83. The van der Waals surface area contributed by atoms with Crippen LogP contribution in [-0.4, -0.2) is 60.5 Å². The molecule has 0 aliphatic heterocycles. The van der Waals surface area contributed by atoms with E-state index in [1.165, 1.54) is 0 Å². The maximum Gasteiger partial charge on any atom is 0.293 e. The van der Waals surface area contributed by atoms with Gasteiger partial charge in [0, 0.05) is 19.4 Å². The topological polar surface area (TPSA) is 88.3 Å². The van der Waals surface area contributed by atoms with Gasteiger partial charge in [0.05, 0.1) is 6.10 Å². The number of aliphatic imine (C=N–C) groups is 1. The highest BCUT2D eigenvalue weighted by Gasteiger charge is 2.30. The lowest BCUT2D eigenvalue weighted by molar-refractivity contribution is -0.134. The zero-order valence-electron chi connectivity index (χ0n) is 25.5. The summed E-state index contributed by atoms with van der Waals surface area (Å²) >= 11 is 0. The van der Waals surface area contributed by atoms with Crippen molar-refractivity contribution in [2.45, 2.75) is 143 Å².